The topological polar surface area (TPSA) is 140 Å². The number of hydrogen-bond acceptors (Lipinski definition) is 8. The van der Waals surface area contributed by atoms with Gasteiger partial charge >= 0.3 is 0 Å². The lowest BCUT2D eigenvalue weighted by atomic mass is 10.00. The molecule has 198 valence electrons. The van der Waals surface area contributed by atoms with Gasteiger partial charge in [-0.15, -0.1) is 0 Å². The number of quaternary nitrogens is 1. The van der Waals surface area contributed by atoms with Crippen LogP contribution in [0.3, 0.4) is 0 Å². The average molecular weight is 521 g/mol. The number of ether oxygens (including phenoxy) is 4. The summed E-state index contributed by atoms with van der Waals surface area (Å²) in [6.45, 7) is 0. The number of methoxy groups -OCH3 is 4. The van der Waals surface area contributed by atoms with Gasteiger partial charge in [0, 0.05) is 17.5 Å². The summed E-state index contributed by atoms with van der Waals surface area (Å²) in [5.74, 6) is 1.81. The molecule has 10 nitrogen and oxygen atoms in total. The molecule has 1 heterocycles. The Hall–Kier alpha value is -4.70. The number of nitrogens with one attached hydrogen (secondary N) is 1. The second kappa shape index (κ2) is 11.6. The normalized spacial score (nSPS) is 11.5. The minimum atomic E-state index is -0.571. The smallest absolute Gasteiger partial charge is 0.282 e. The van der Waals surface area contributed by atoms with E-state index < -0.39 is 6.04 Å². The van der Waals surface area contributed by atoms with Gasteiger partial charge in [0.05, 0.1) is 34.1 Å². The van der Waals surface area contributed by atoms with E-state index in [9.17, 15) is 9.90 Å². The number of hydrogen-bond donors (Lipinski definition) is 3. The van der Waals surface area contributed by atoms with Crippen LogP contribution in [-0.2, 0) is 11.2 Å². The van der Waals surface area contributed by atoms with Gasteiger partial charge < -0.3 is 39.6 Å². The molecule has 10 heteroatoms. The summed E-state index contributed by atoms with van der Waals surface area (Å²) in [6.07, 6.45) is 1.94. The van der Waals surface area contributed by atoms with E-state index in [0.717, 1.165) is 11.1 Å². The van der Waals surface area contributed by atoms with E-state index in [0.29, 0.717) is 51.9 Å². The lowest BCUT2D eigenvalue weighted by Crippen LogP contribution is -2.67. The van der Waals surface area contributed by atoms with Crippen molar-refractivity contribution >= 4 is 11.6 Å². The standard InChI is InChI=1S/C28H29N3O7/c1-34-23-10-7-17(12-22(23)30-28(33)21(29)11-16-5-8-19(32)9-6-16)20-15-38-31-26(20)18-13-24(35-2)27(37-4)25(14-18)36-3/h5-10,12-15,21,32H,11,29H2,1-4H3,(H,30,33)/p+1. The fraction of sp³-hybridized carbons (Fsp3) is 0.214. The van der Waals surface area contributed by atoms with Gasteiger partial charge in [0.2, 0.25) is 5.75 Å². The number of amides is 1. The number of carbonyl (C=O) groups is 1. The molecule has 1 unspecified atom stereocenters. The number of phenols is 1. The molecule has 1 amide bonds. The highest BCUT2D eigenvalue weighted by Crippen LogP contribution is 2.43. The monoisotopic (exact) mass is 520 g/mol. The van der Waals surface area contributed by atoms with Crippen LogP contribution in [0.1, 0.15) is 5.56 Å². The summed E-state index contributed by atoms with van der Waals surface area (Å²) in [4.78, 5) is 13.0. The molecule has 0 aliphatic carbocycles. The maximum atomic E-state index is 13.0. The molecular weight excluding hydrogens is 490 g/mol. The third kappa shape index (κ3) is 5.50. The summed E-state index contributed by atoms with van der Waals surface area (Å²) in [7, 11) is 6.15. The first kappa shape index (κ1) is 26.4. The van der Waals surface area contributed by atoms with Crippen molar-refractivity contribution < 1.29 is 39.1 Å². The molecule has 0 fully saturated rings. The van der Waals surface area contributed by atoms with Crippen molar-refractivity contribution in [3.05, 3.63) is 66.4 Å². The average Bonchev–Trinajstić information content (AvgIpc) is 3.43. The molecule has 0 spiro atoms. The molecule has 5 N–H and O–H groups in total. The van der Waals surface area contributed by atoms with Crippen LogP contribution in [0.2, 0.25) is 0 Å². The zero-order valence-electron chi connectivity index (χ0n) is 21.6. The van der Waals surface area contributed by atoms with Crippen LogP contribution in [0.5, 0.6) is 28.7 Å². The van der Waals surface area contributed by atoms with Gasteiger partial charge in [-0.05, 0) is 47.5 Å². The van der Waals surface area contributed by atoms with Gasteiger partial charge in [-0.2, -0.15) is 0 Å². The molecule has 38 heavy (non-hydrogen) atoms. The van der Waals surface area contributed by atoms with Crippen LogP contribution in [-0.4, -0.2) is 50.7 Å². The second-order valence-electron chi connectivity index (χ2n) is 8.46. The lowest BCUT2D eigenvalue weighted by molar-refractivity contribution is -0.402. The van der Waals surface area contributed by atoms with E-state index in [-0.39, 0.29) is 11.7 Å². The first-order valence-corrected chi connectivity index (χ1v) is 11.7. The minimum absolute atomic E-state index is 0.167. The summed E-state index contributed by atoms with van der Waals surface area (Å²) < 4.78 is 27.2. The molecule has 4 aromatic rings. The van der Waals surface area contributed by atoms with Crippen molar-refractivity contribution in [2.75, 3.05) is 33.8 Å². The number of carbonyl (C=O) groups excluding carboxylic acids is 1. The number of rotatable bonds is 10. The fourth-order valence-corrected chi connectivity index (χ4v) is 4.08. The summed E-state index contributed by atoms with van der Waals surface area (Å²) in [6, 6.07) is 15.1. The van der Waals surface area contributed by atoms with Gasteiger partial charge in [0.1, 0.15) is 23.5 Å². The second-order valence-corrected chi connectivity index (χ2v) is 8.46. The van der Waals surface area contributed by atoms with E-state index in [1.165, 1.54) is 20.5 Å². The van der Waals surface area contributed by atoms with Crippen molar-refractivity contribution in [3.8, 4) is 51.1 Å². The highest BCUT2D eigenvalue weighted by atomic mass is 16.5. The van der Waals surface area contributed by atoms with E-state index in [4.69, 9.17) is 23.5 Å². The van der Waals surface area contributed by atoms with Crippen LogP contribution in [0, 0.1) is 0 Å². The van der Waals surface area contributed by atoms with Crippen molar-refractivity contribution in [1.82, 2.24) is 5.16 Å². The van der Waals surface area contributed by atoms with E-state index >= 15 is 0 Å². The molecule has 1 atom stereocenters. The molecule has 0 saturated carbocycles. The van der Waals surface area contributed by atoms with Crippen LogP contribution in [0.25, 0.3) is 22.4 Å². The van der Waals surface area contributed by atoms with Crippen LogP contribution < -0.4 is 30.0 Å². The van der Waals surface area contributed by atoms with Crippen molar-refractivity contribution in [2.24, 2.45) is 0 Å². The Bertz CT molecular complexity index is 1390. The van der Waals surface area contributed by atoms with E-state index in [1.54, 1.807) is 62.8 Å². The summed E-state index contributed by atoms with van der Waals surface area (Å²) in [5, 5.41) is 16.6. The molecule has 0 saturated heterocycles. The Morgan fingerprint density at radius 1 is 0.921 bits per heavy atom. The molecule has 1 aromatic heterocycles. The van der Waals surface area contributed by atoms with Crippen LogP contribution >= 0.6 is 0 Å². The predicted molar refractivity (Wildman–Crippen MR) is 141 cm³/mol. The van der Waals surface area contributed by atoms with E-state index in [1.807, 2.05) is 6.07 Å². The van der Waals surface area contributed by atoms with Crippen LogP contribution in [0.15, 0.2) is 65.4 Å². The van der Waals surface area contributed by atoms with Gasteiger partial charge in [0.15, 0.2) is 17.5 Å². The molecule has 0 bridgehead atoms. The third-order valence-corrected chi connectivity index (χ3v) is 6.07. The fourth-order valence-electron chi connectivity index (χ4n) is 4.08. The predicted octanol–water partition coefficient (Wildman–Crippen LogP) is 3.54. The number of anilines is 1. The molecule has 0 aliphatic heterocycles. The largest absolute Gasteiger partial charge is 0.508 e. The Kier molecular flexibility index (Phi) is 8.03. The first-order chi connectivity index (χ1) is 18.4. The Labute approximate surface area is 219 Å². The summed E-state index contributed by atoms with van der Waals surface area (Å²) in [5.41, 5.74) is 8.04. The maximum Gasteiger partial charge on any atom is 0.282 e. The SMILES string of the molecule is COc1ccc(-c2conc2-c2cc(OC)c(OC)c(OC)c2)cc1NC(=O)C([NH3+])Cc1ccc(O)cc1. The van der Waals surface area contributed by atoms with E-state index in [2.05, 4.69) is 16.2 Å². The lowest BCUT2D eigenvalue weighted by Gasteiger charge is -2.15. The number of aromatic nitrogens is 1. The molecule has 0 radical (unpaired) electrons. The zero-order valence-corrected chi connectivity index (χ0v) is 21.6. The molecule has 3 aromatic carbocycles. The highest BCUT2D eigenvalue weighted by molar-refractivity contribution is 5.96. The maximum absolute atomic E-state index is 13.0. The molecule has 4 rings (SSSR count). The van der Waals surface area contributed by atoms with Crippen molar-refractivity contribution in [1.29, 1.82) is 0 Å². The Morgan fingerprint density at radius 2 is 1.58 bits per heavy atom. The Morgan fingerprint density at radius 3 is 2.18 bits per heavy atom. The minimum Gasteiger partial charge on any atom is -0.508 e. The van der Waals surface area contributed by atoms with Crippen molar-refractivity contribution in [3.63, 3.8) is 0 Å². The quantitative estimate of drug-likeness (QED) is 0.288. The van der Waals surface area contributed by atoms with Crippen LogP contribution in [0.4, 0.5) is 5.69 Å². The van der Waals surface area contributed by atoms with Gasteiger partial charge in [-0.1, -0.05) is 23.4 Å². The number of benzene rings is 3. The number of phenolic OH excluding ortho intramolecular Hbond substituents is 1. The summed E-state index contributed by atoms with van der Waals surface area (Å²) >= 11 is 0. The Balaban J connectivity index is 1.64. The zero-order chi connectivity index (χ0) is 27.2. The number of nitrogens with zero attached hydrogens (tertiary/aromatic N) is 1. The number of aromatic hydroxyl groups is 1. The van der Waals surface area contributed by atoms with Gasteiger partial charge in [-0.3, -0.25) is 4.79 Å². The third-order valence-electron chi connectivity index (χ3n) is 6.07. The van der Waals surface area contributed by atoms with Gasteiger partial charge in [-0.25, -0.2) is 0 Å². The molecule has 0 aliphatic rings. The first-order valence-electron chi connectivity index (χ1n) is 11.7. The molecular formula is C28H30N3O7+. The van der Waals surface area contributed by atoms with Crippen molar-refractivity contribution in [2.45, 2.75) is 12.5 Å². The van der Waals surface area contributed by atoms with Gasteiger partial charge in [0.25, 0.3) is 5.91 Å². The highest BCUT2D eigenvalue weighted by Gasteiger charge is 2.22.